The number of nitrogens with zero attached hydrogens (tertiary/aromatic N) is 2. The molecular formula is C14H13ClN2O2S. The van der Waals surface area contributed by atoms with Gasteiger partial charge in [-0.15, -0.1) is 6.58 Å². The predicted octanol–water partition coefficient (Wildman–Crippen LogP) is 3.08. The fourth-order valence-electron chi connectivity index (χ4n) is 1.61. The third-order valence-electron chi connectivity index (χ3n) is 2.55. The predicted molar refractivity (Wildman–Crippen MR) is 81.4 cm³/mol. The second kappa shape index (κ2) is 6.63. The molecule has 0 unspecified atom stereocenters. The topological polar surface area (TPSA) is 55.1 Å². The molecule has 0 radical (unpaired) electrons. The summed E-state index contributed by atoms with van der Waals surface area (Å²) < 4.78 is 1.47. The molecule has 0 spiro atoms. The highest BCUT2D eigenvalue weighted by molar-refractivity contribution is 7.98. The Morgan fingerprint density at radius 2 is 2.10 bits per heavy atom. The number of allylic oxidation sites excluding steroid dienone is 1. The van der Waals surface area contributed by atoms with Crippen molar-refractivity contribution in [2.24, 2.45) is 0 Å². The molecule has 20 heavy (non-hydrogen) atoms. The summed E-state index contributed by atoms with van der Waals surface area (Å²) in [6.07, 6.45) is 1.62. The fourth-order valence-corrected chi connectivity index (χ4v) is 2.70. The monoisotopic (exact) mass is 308 g/mol. The maximum atomic E-state index is 11.8. The van der Waals surface area contributed by atoms with Crippen LogP contribution < -0.4 is 5.56 Å². The lowest BCUT2D eigenvalue weighted by molar-refractivity contribution is 0.435. The zero-order valence-corrected chi connectivity index (χ0v) is 12.2. The molecule has 1 N–H and O–H groups in total. The van der Waals surface area contributed by atoms with Crippen molar-refractivity contribution in [2.75, 3.05) is 0 Å². The summed E-state index contributed by atoms with van der Waals surface area (Å²) >= 11 is 7.20. The number of halogens is 1. The largest absolute Gasteiger partial charge is 0.493 e. The van der Waals surface area contributed by atoms with E-state index >= 15 is 0 Å². The van der Waals surface area contributed by atoms with Gasteiger partial charge in [-0.2, -0.15) is 4.98 Å². The number of hydrogen-bond donors (Lipinski definition) is 1. The van der Waals surface area contributed by atoms with Crippen LogP contribution in [0.15, 0.2) is 52.9 Å². The highest BCUT2D eigenvalue weighted by Crippen LogP contribution is 2.22. The van der Waals surface area contributed by atoms with E-state index in [0.717, 1.165) is 11.6 Å². The lowest BCUT2D eigenvalue weighted by atomic mass is 10.2. The molecule has 1 aromatic carbocycles. The number of benzene rings is 1. The van der Waals surface area contributed by atoms with E-state index in [4.69, 9.17) is 11.6 Å². The van der Waals surface area contributed by atoms with Crippen LogP contribution in [0.3, 0.4) is 0 Å². The normalized spacial score (nSPS) is 10.4. The van der Waals surface area contributed by atoms with Crippen molar-refractivity contribution >= 4 is 23.4 Å². The van der Waals surface area contributed by atoms with E-state index in [1.54, 1.807) is 6.08 Å². The van der Waals surface area contributed by atoms with Crippen LogP contribution in [0, 0.1) is 0 Å². The molecule has 0 aliphatic rings. The number of aromatic nitrogens is 2. The quantitative estimate of drug-likeness (QED) is 0.524. The molecule has 104 valence electrons. The molecule has 1 heterocycles. The van der Waals surface area contributed by atoms with Crippen molar-refractivity contribution in [3.63, 3.8) is 0 Å². The molecule has 1 aromatic heterocycles. The Bertz CT molecular complexity index is 668. The first-order valence-corrected chi connectivity index (χ1v) is 7.25. The van der Waals surface area contributed by atoms with E-state index in [1.165, 1.54) is 16.3 Å². The van der Waals surface area contributed by atoms with Gasteiger partial charge in [-0.1, -0.05) is 41.6 Å². The molecule has 4 nitrogen and oxygen atoms in total. The van der Waals surface area contributed by atoms with Crippen LogP contribution in [0.25, 0.3) is 0 Å². The van der Waals surface area contributed by atoms with Crippen LogP contribution in [0.2, 0.25) is 5.02 Å². The summed E-state index contributed by atoms with van der Waals surface area (Å²) in [6, 6.07) is 8.53. The molecule has 0 fully saturated rings. The van der Waals surface area contributed by atoms with Crippen LogP contribution in [0.1, 0.15) is 5.56 Å². The summed E-state index contributed by atoms with van der Waals surface area (Å²) in [5.74, 6) is 0.360. The summed E-state index contributed by atoms with van der Waals surface area (Å²) in [7, 11) is 0. The Morgan fingerprint density at radius 1 is 1.40 bits per heavy atom. The zero-order valence-electron chi connectivity index (χ0n) is 10.6. The van der Waals surface area contributed by atoms with Crippen LogP contribution in [0.5, 0.6) is 5.88 Å². The Hall–Kier alpha value is -1.72. The van der Waals surface area contributed by atoms with Gasteiger partial charge in [-0.05, 0) is 17.7 Å². The SMILES string of the molecule is C=CCn1c(SCc2ccc(Cl)cc2)nc(O)cc1=O. The summed E-state index contributed by atoms with van der Waals surface area (Å²) in [6.45, 7) is 3.97. The number of hydrogen-bond acceptors (Lipinski definition) is 4. The number of aromatic hydroxyl groups is 1. The van der Waals surface area contributed by atoms with Gasteiger partial charge < -0.3 is 5.11 Å². The first kappa shape index (κ1) is 14.7. The van der Waals surface area contributed by atoms with Crippen molar-refractivity contribution in [3.8, 4) is 5.88 Å². The van der Waals surface area contributed by atoms with Gasteiger partial charge in [-0.25, -0.2) is 0 Å². The molecular weight excluding hydrogens is 296 g/mol. The van der Waals surface area contributed by atoms with Gasteiger partial charge in [0.25, 0.3) is 5.56 Å². The van der Waals surface area contributed by atoms with E-state index in [0.29, 0.717) is 22.5 Å². The molecule has 2 rings (SSSR count). The zero-order chi connectivity index (χ0) is 14.5. The van der Waals surface area contributed by atoms with E-state index in [2.05, 4.69) is 11.6 Å². The molecule has 2 aromatic rings. The number of thioether (sulfide) groups is 1. The Balaban J connectivity index is 2.22. The van der Waals surface area contributed by atoms with Gasteiger partial charge in [0.05, 0.1) is 6.07 Å². The van der Waals surface area contributed by atoms with Gasteiger partial charge >= 0.3 is 0 Å². The standard InChI is InChI=1S/C14H13ClN2O2S/c1-2-7-17-13(19)8-12(18)16-14(17)20-9-10-3-5-11(15)6-4-10/h2-6,8,18H,1,7,9H2. The van der Waals surface area contributed by atoms with Crippen LogP contribution >= 0.6 is 23.4 Å². The van der Waals surface area contributed by atoms with Crippen molar-refractivity contribution < 1.29 is 5.11 Å². The van der Waals surface area contributed by atoms with Gasteiger partial charge in [-0.3, -0.25) is 9.36 Å². The molecule has 0 saturated carbocycles. The van der Waals surface area contributed by atoms with Crippen molar-refractivity contribution in [1.29, 1.82) is 0 Å². The van der Waals surface area contributed by atoms with Gasteiger partial charge in [0, 0.05) is 17.3 Å². The molecule has 0 aliphatic heterocycles. The first-order chi connectivity index (χ1) is 9.60. The Morgan fingerprint density at radius 3 is 2.75 bits per heavy atom. The highest BCUT2D eigenvalue weighted by atomic mass is 35.5. The van der Waals surface area contributed by atoms with Crippen LogP contribution in [-0.2, 0) is 12.3 Å². The summed E-state index contributed by atoms with van der Waals surface area (Å²) in [5, 5.41) is 10.6. The van der Waals surface area contributed by atoms with E-state index in [9.17, 15) is 9.90 Å². The molecule has 0 atom stereocenters. The minimum absolute atomic E-state index is 0.270. The van der Waals surface area contributed by atoms with Gasteiger partial charge in [0.15, 0.2) is 5.16 Å². The van der Waals surface area contributed by atoms with Crippen LogP contribution in [-0.4, -0.2) is 14.7 Å². The third-order valence-corrected chi connectivity index (χ3v) is 3.85. The lowest BCUT2D eigenvalue weighted by Crippen LogP contribution is -2.21. The minimum Gasteiger partial charge on any atom is -0.493 e. The van der Waals surface area contributed by atoms with Gasteiger partial charge in [0.1, 0.15) is 0 Å². The average Bonchev–Trinajstić information content (AvgIpc) is 2.41. The lowest BCUT2D eigenvalue weighted by Gasteiger charge is -2.09. The molecule has 6 heteroatoms. The highest BCUT2D eigenvalue weighted by Gasteiger charge is 2.08. The maximum absolute atomic E-state index is 11.8. The first-order valence-electron chi connectivity index (χ1n) is 5.89. The second-order valence-electron chi connectivity index (χ2n) is 4.05. The van der Waals surface area contributed by atoms with Gasteiger partial charge in [0.2, 0.25) is 5.88 Å². The number of rotatable bonds is 5. The third kappa shape index (κ3) is 3.65. The summed E-state index contributed by atoms with van der Waals surface area (Å²) in [5.41, 5.74) is 0.762. The van der Waals surface area contributed by atoms with Crippen LogP contribution in [0.4, 0.5) is 0 Å². The minimum atomic E-state index is -0.295. The second-order valence-corrected chi connectivity index (χ2v) is 5.43. The summed E-state index contributed by atoms with van der Waals surface area (Å²) in [4.78, 5) is 15.8. The molecule has 0 aliphatic carbocycles. The Kier molecular flexibility index (Phi) is 4.87. The van der Waals surface area contributed by atoms with E-state index in [1.807, 2.05) is 24.3 Å². The molecule has 0 bridgehead atoms. The van der Waals surface area contributed by atoms with Crippen molar-refractivity contribution in [2.45, 2.75) is 17.5 Å². The average molecular weight is 309 g/mol. The molecule has 0 amide bonds. The van der Waals surface area contributed by atoms with E-state index in [-0.39, 0.29) is 11.4 Å². The van der Waals surface area contributed by atoms with Crippen molar-refractivity contribution in [3.05, 3.63) is 63.9 Å². The molecule has 0 saturated heterocycles. The maximum Gasteiger partial charge on any atom is 0.258 e. The van der Waals surface area contributed by atoms with E-state index < -0.39 is 0 Å². The fraction of sp³-hybridized carbons (Fsp3) is 0.143. The Labute approximate surface area is 125 Å². The van der Waals surface area contributed by atoms with Crippen molar-refractivity contribution in [1.82, 2.24) is 9.55 Å². The smallest absolute Gasteiger partial charge is 0.258 e.